The van der Waals surface area contributed by atoms with Gasteiger partial charge in [0.05, 0.1) is 12.1 Å². The lowest BCUT2D eigenvalue weighted by atomic mass is 9.79. The quantitative estimate of drug-likeness (QED) is 0.445. The van der Waals surface area contributed by atoms with Gasteiger partial charge in [0.1, 0.15) is 0 Å². The van der Waals surface area contributed by atoms with Gasteiger partial charge in [-0.1, -0.05) is 92.7 Å². The second-order valence-corrected chi connectivity index (χ2v) is 11.2. The van der Waals surface area contributed by atoms with Crippen LogP contribution in [0.4, 0.5) is 0 Å². The summed E-state index contributed by atoms with van der Waals surface area (Å²) in [5.41, 5.74) is 3.76. The van der Waals surface area contributed by atoms with Gasteiger partial charge in [0.2, 0.25) is 0 Å². The van der Waals surface area contributed by atoms with Crippen molar-refractivity contribution in [2.24, 2.45) is 35.0 Å². The van der Waals surface area contributed by atoms with Crippen LogP contribution in [0.5, 0.6) is 0 Å². The van der Waals surface area contributed by atoms with Crippen LogP contribution in [0.2, 0.25) is 0 Å². The van der Waals surface area contributed by atoms with E-state index in [2.05, 4.69) is 71.2 Å². The Morgan fingerprint density at radius 3 is 2.34 bits per heavy atom. The van der Waals surface area contributed by atoms with Crippen LogP contribution >= 0.6 is 0 Å². The molecule has 0 radical (unpaired) electrons. The number of allylic oxidation sites excluding steroid dienone is 1. The lowest BCUT2D eigenvalue weighted by Gasteiger charge is -2.41. The standard InChI is InChI=1S/C27H44N2/c1-10-17(2)24(15-22-13-11-12-14-22)28-20(5)26-25-18(3)23(25)16-29(26)21(6)19(4)27(7,8)9/h10,18-19,22-26,28H,1-2,5-6,11-16H2,3-4,7-9H3/t18?,19?,23-,24?,25+,26?/m1/s1. The van der Waals surface area contributed by atoms with Gasteiger partial charge < -0.3 is 10.2 Å². The minimum absolute atomic E-state index is 0.219. The second kappa shape index (κ2) is 8.36. The van der Waals surface area contributed by atoms with Crippen molar-refractivity contribution in [2.45, 2.75) is 78.8 Å². The molecule has 0 amide bonds. The second-order valence-electron chi connectivity index (χ2n) is 11.2. The summed E-state index contributed by atoms with van der Waals surface area (Å²) in [4.78, 5) is 2.57. The fraction of sp³-hybridized carbons (Fsp3) is 0.704. The molecule has 3 rings (SSSR count). The monoisotopic (exact) mass is 396 g/mol. The third-order valence-corrected chi connectivity index (χ3v) is 8.38. The minimum atomic E-state index is 0.219. The summed E-state index contributed by atoms with van der Waals surface area (Å²) in [6.45, 7) is 30.2. The van der Waals surface area contributed by atoms with Gasteiger partial charge in [-0.25, -0.2) is 0 Å². The van der Waals surface area contributed by atoms with Gasteiger partial charge in [0.25, 0.3) is 0 Å². The molecule has 162 valence electrons. The molecule has 2 heteroatoms. The highest BCUT2D eigenvalue weighted by Gasteiger charge is 2.60. The number of piperidine rings is 1. The molecule has 0 spiro atoms. The zero-order valence-corrected chi connectivity index (χ0v) is 19.6. The highest BCUT2D eigenvalue weighted by Crippen LogP contribution is 2.58. The fourth-order valence-corrected chi connectivity index (χ4v) is 5.74. The van der Waals surface area contributed by atoms with Gasteiger partial charge in [-0.3, -0.25) is 0 Å². The van der Waals surface area contributed by atoms with Crippen LogP contribution in [0.25, 0.3) is 0 Å². The molecule has 29 heavy (non-hydrogen) atoms. The lowest BCUT2D eigenvalue weighted by Crippen LogP contribution is -2.44. The summed E-state index contributed by atoms with van der Waals surface area (Å²) in [6.07, 6.45) is 8.54. The first kappa shape index (κ1) is 22.2. The Kier molecular flexibility index (Phi) is 6.41. The number of fused-ring (bicyclic) bond motifs is 1. The zero-order chi connectivity index (χ0) is 21.5. The van der Waals surface area contributed by atoms with Crippen molar-refractivity contribution in [3.05, 3.63) is 49.4 Å². The van der Waals surface area contributed by atoms with Gasteiger partial charge in [-0.05, 0) is 41.1 Å². The first-order chi connectivity index (χ1) is 13.6. The summed E-state index contributed by atoms with van der Waals surface area (Å²) in [5.74, 6) is 3.55. The van der Waals surface area contributed by atoms with Crippen LogP contribution in [-0.4, -0.2) is 23.5 Å². The third kappa shape index (κ3) is 4.52. The smallest absolute Gasteiger partial charge is 0.0713 e. The Morgan fingerprint density at radius 1 is 1.17 bits per heavy atom. The molecule has 2 aliphatic carbocycles. The SMILES string of the molecule is C=CC(=C)C(CC1CCCC1)NC(=C)C1[C@H]2C(C)[C@H]2CN1C(=C)C(C)C(C)(C)C. The third-order valence-electron chi connectivity index (χ3n) is 8.38. The van der Waals surface area contributed by atoms with Crippen LogP contribution in [-0.2, 0) is 0 Å². The van der Waals surface area contributed by atoms with E-state index in [0.29, 0.717) is 17.9 Å². The predicted molar refractivity (Wildman–Crippen MR) is 126 cm³/mol. The van der Waals surface area contributed by atoms with Crippen LogP contribution in [0.3, 0.4) is 0 Å². The molecule has 3 aliphatic rings. The van der Waals surface area contributed by atoms with Crippen molar-refractivity contribution in [2.75, 3.05) is 6.54 Å². The van der Waals surface area contributed by atoms with Crippen molar-refractivity contribution >= 4 is 0 Å². The number of likely N-dealkylation sites (tertiary alicyclic amines) is 1. The maximum Gasteiger partial charge on any atom is 0.0713 e. The number of hydrogen-bond donors (Lipinski definition) is 1. The highest BCUT2D eigenvalue weighted by molar-refractivity contribution is 5.28. The molecule has 0 aromatic rings. The number of nitrogens with zero attached hydrogens (tertiary/aromatic N) is 1. The zero-order valence-electron chi connectivity index (χ0n) is 19.6. The van der Waals surface area contributed by atoms with E-state index in [4.69, 9.17) is 0 Å². The van der Waals surface area contributed by atoms with E-state index in [1.165, 1.54) is 31.4 Å². The molecule has 1 aliphatic heterocycles. The summed E-state index contributed by atoms with van der Waals surface area (Å²) in [6, 6.07) is 0.613. The molecular weight excluding hydrogens is 352 g/mol. The average Bonchev–Trinajstić information content (AvgIpc) is 3.07. The Morgan fingerprint density at radius 2 is 1.79 bits per heavy atom. The van der Waals surface area contributed by atoms with Crippen molar-refractivity contribution in [1.29, 1.82) is 0 Å². The summed E-state index contributed by atoms with van der Waals surface area (Å²) >= 11 is 0. The van der Waals surface area contributed by atoms with Gasteiger partial charge in [0, 0.05) is 23.9 Å². The van der Waals surface area contributed by atoms with Crippen molar-refractivity contribution in [1.82, 2.24) is 10.2 Å². The van der Waals surface area contributed by atoms with Crippen molar-refractivity contribution < 1.29 is 0 Å². The number of nitrogens with one attached hydrogen (secondary N) is 1. The summed E-state index contributed by atoms with van der Waals surface area (Å²) in [7, 11) is 0. The lowest BCUT2D eigenvalue weighted by molar-refractivity contribution is 0.198. The summed E-state index contributed by atoms with van der Waals surface area (Å²) in [5, 5.41) is 3.83. The minimum Gasteiger partial charge on any atom is -0.380 e. The van der Waals surface area contributed by atoms with Gasteiger partial charge in [-0.2, -0.15) is 0 Å². The number of hydrogen-bond acceptors (Lipinski definition) is 2. The Hall–Kier alpha value is -1.44. The molecule has 6 atom stereocenters. The van der Waals surface area contributed by atoms with E-state index in [-0.39, 0.29) is 11.5 Å². The molecule has 2 saturated carbocycles. The maximum atomic E-state index is 4.56. The average molecular weight is 397 g/mol. The van der Waals surface area contributed by atoms with Crippen LogP contribution in [0.15, 0.2) is 49.4 Å². The van der Waals surface area contributed by atoms with Crippen LogP contribution in [0, 0.1) is 35.0 Å². The van der Waals surface area contributed by atoms with Crippen LogP contribution in [0.1, 0.15) is 66.7 Å². The largest absolute Gasteiger partial charge is 0.380 e. The first-order valence-electron chi connectivity index (χ1n) is 11.8. The van der Waals surface area contributed by atoms with E-state index in [9.17, 15) is 0 Å². The van der Waals surface area contributed by atoms with Crippen molar-refractivity contribution in [3.63, 3.8) is 0 Å². The first-order valence-corrected chi connectivity index (χ1v) is 11.8. The molecule has 0 bridgehead atoms. The van der Waals surface area contributed by atoms with E-state index in [1.807, 2.05) is 6.08 Å². The topological polar surface area (TPSA) is 15.3 Å². The predicted octanol–water partition coefficient (Wildman–Crippen LogP) is 6.54. The van der Waals surface area contributed by atoms with E-state index in [0.717, 1.165) is 42.0 Å². The van der Waals surface area contributed by atoms with Gasteiger partial charge >= 0.3 is 0 Å². The van der Waals surface area contributed by atoms with E-state index in [1.54, 1.807) is 0 Å². The van der Waals surface area contributed by atoms with Crippen molar-refractivity contribution in [3.8, 4) is 0 Å². The molecule has 4 unspecified atom stereocenters. The molecule has 1 N–H and O–H groups in total. The fourth-order valence-electron chi connectivity index (χ4n) is 5.74. The summed E-state index contributed by atoms with van der Waals surface area (Å²) < 4.78 is 0. The van der Waals surface area contributed by atoms with Gasteiger partial charge in [0.15, 0.2) is 0 Å². The molecular formula is C27H44N2. The molecule has 3 fully saturated rings. The molecule has 0 aromatic carbocycles. The maximum absolute atomic E-state index is 4.56. The Bertz CT molecular complexity index is 661. The van der Waals surface area contributed by atoms with Crippen LogP contribution < -0.4 is 5.32 Å². The molecule has 1 saturated heterocycles. The number of rotatable bonds is 9. The molecule has 0 aromatic heterocycles. The Labute approximate surface area is 180 Å². The van der Waals surface area contributed by atoms with E-state index < -0.39 is 0 Å². The normalized spacial score (nSPS) is 31.1. The molecule has 2 nitrogen and oxygen atoms in total. The highest BCUT2D eigenvalue weighted by atomic mass is 15.3. The van der Waals surface area contributed by atoms with Gasteiger partial charge in [-0.15, -0.1) is 0 Å². The Balaban J connectivity index is 1.74. The van der Waals surface area contributed by atoms with E-state index >= 15 is 0 Å². The molecule has 1 heterocycles.